The van der Waals surface area contributed by atoms with Gasteiger partial charge in [0.15, 0.2) is 11.5 Å². The second kappa shape index (κ2) is 5.90. The molecule has 2 aromatic rings. The van der Waals surface area contributed by atoms with E-state index in [4.69, 9.17) is 19.1 Å². The third kappa shape index (κ3) is 3.26. The van der Waals surface area contributed by atoms with Gasteiger partial charge in [0, 0.05) is 18.2 Å². The predicted molar refractivity (Wildman–Crippen MR) is 67.4 cm³/mol. The zero-order valence-corrected chi connectivity index (χ0v) is 10.8. The first-order valence-corrected chi connectivity index (χ1v) is 5.65. The zero-order chi connectivity index (χ0) is 15.4. The molecule has 110 valence electrons. The summed E-state index contributed by atoms with van der Waals surface area (Å²) in [6.07, 6.45) is 0. The Labute approximate surface area is 117 Å². The van der Waals surface area contributed by atoms with Gasteiger partial charge in [-0.2, -0.15) is 0 Å². The van der Waals surface area contributed by atoms with Gasteiger partial charge in [-0.05, 0) is 6.07 Å². The minimum atomic E-state index is -1.24. The number of carbonyl (C=O) groups is 1. The number of carboxylic acid groups (broad SMARTS) is 1. The molecule has 1 heterocycles. The van der Waals surface area contributed by atoms with E-state index in [1.54, 1.807) is 0 Å². The Morgan fingerprint density at radius 2 is 2.24 bits per heavy atom. The van der Waals surface area contributed by atoms with Crippen LogP contribution in [0.15, 0.2) is 28.8 Å². The first-order chi connectivity index (χ1) is 10.0. The van der Waals surface area contributed by atoms with E-state index < -0.39 is 10.9 Å². The molecule has 21 heavy (non-hydrogen) atoms. The molecule has 0 radical (unpaired) electrons. The Morgan fingerprint density at radius 1 is 1.48 bits per heavy atom. The van der Waals surface area contributed by atoms with Crippen LogP contribution in [0.4, 0.5) is 5.69 Å². The smallest absolute Gasteiger partial charge is 0.358 e. The number of nitro groups is 1. The van der Waals surface area contributed by atoms with Crippen LogP contribution in [0.25, 0.3) is 0 Å². The molecule has 0 saturated heterocycles. The molecule has 0 atom stereocenters. The van der Waals surface area contributed by atoms with E-state index >= 15 is 0 Å². The molecule has 0 aliphatic rings. The Hall–Kier alpha value is -3.10. The van der Waals surface area contributed by atoms with Crippen molar-refractivity contribution >= 4 is 11.7 Å². The van der Waals surface area contributed by atoms with Gasteiger partial charge in [0.25, 0.3) is 0 Å². The van der Waals surface area contributed by atoms with Crippen LogP contribution in [-0.4, -0.2) is 28.3 Å². The Balaban J connectivity index is 2.17. The summed E-state index contributed by atoms with van der Waals surface area (Å²) in [5, 5.41) is 22.9. The van der Waals surface area contributed by atoms with Crippen molar-refractivity contribution < 1.29 is 28.8 Å². The molecule has 0 bridgehead atoms. The van der Waals surface area contributed by atoms with Gasteiger partial charge in [0.05, 0.1) is 12.0 Å². The normalized spacial score (nSPS) is 10.1. The van der Waals surface area contributed by atoms with Crippen LogP contribution in [0.1, 0.15) is 16.2 Å². The van der Waals surface area contributed by atoms with E-state index in [1.165, 1.54) is 31.4 Å². The second-order valence-corrected chi connectivity index (χ2v) is 3.86. The summed E-state index contributed by atoms with van der Waals surface area (Å²) in [7, 11) is 1.42. The molecule has 0 fully saturated rings. The standard InChI is InChI=1S/C12H10N2O7/c1-19-7-2-3-10(14(17)18)11(5-7)20-6-8-4-9(12(15)16)13-21-8/h2-5H,6H2,1H3,(H,15,16). The summed E-state index contributed by atoms with van der Waals surface area (Å²) >= 11 is 0. The number of nitrogens with zero attached hydrogens (tertiary/aromatic N) is 2. The van der Waals surface area contributed by atoms with Crippen molar-refractivity contribution in [2.45, 2.75) is 6.61 Å². The van der Waals surface area contributed by atoms with E-state index in [9.17, 15) is 14.9 Å². The number of ether oxygens (including phenoxy) is 2. The number of nitro benzene ring substituents is 1. The SMILES string of the molecule is COc1ccc([N+](=O)[O-])c(OCc2cc(C(=O)O)no2)c1. The van der Waals surface area contributed by atoms with Crippen molar-refractivity contribution in [2.24, 2.45) is 0 Å². The fourth-order valence-corrected chi connectivity index (χ4v) is 1.52. The molecule has 0 aliphatic carbocycles. The van der Waals surface area contributed by atoms with Crippen LogP contribution >= 0.6 is 0 Å². The summed E-state index contributed by atoms with van der Waals surface area (Å²) in [6, 6.07) is 5.21. The van der Waals surface area contributed by atoms with Crippen molar-refractivity contribution in [3.05, 3.63) is 45.8 Å². The highest BCUT2D eigenvalue weighted by Gasteiger charge is 2.17. The molecule has 9 heteroatoms. The topological polar surface area (TPSA) is 125 Å². The van der Waals surface area contributed by atoms with E-state index in [0.29, 0.717) is 5.75 Å². The van der Waals surface area contributed by atoms with Crippen LogP contribution in [0.2, 0.25) is 0 Å². The van der Waals surface area contributed by atoms with Crippen LogP contribution in [0.5, 0.6) is 11.5 Å². The number of methoxy groups -OCH3 is 1. The maximum atomic E-state index is 10.9. The Bertz CT molecular complexity index is 680. The lowest BCUT2D eigenvalue weighted by Gasteiger charge is -2.06. The van der Waals surface area contributed by atoms with Gasteiger partial charge in [-0.1, -0.05) is 5.16 Å². The summed E-state index contributed by atoms with van der Waals surface area (Å²) in [5.41, 5.74) is -0.512. The van der Waals surface area contributed by atoms with Crippen molar-refractivity contribution in [1.82, 2.24) is 5.16 Å². The number of aromatic carboxylic acids is 1. The van der Waals surface area contributed by atoms with Crippen molar-refractivity contribution in [2.75, 3.05) is 7.11 Å². The van der Waals surface area contributed by atoms with Gasteiger partial charge < -0.3 is 19.1 Å². The van der Waals surface area contributed by atoms with E-state index in [2.05, 4.69) is 5.16 Å². The molecule has 1 aromatic heterocycles. The quantitative estimate of drug-likeness (QED) is 0.632. The first kappa shape index (κ1) is 14.3. The fourth-order valence-electron chi connectivity index (χ4n) is 1.52. The molecule has 1 aromatic carbocycles. The van der Waals surface area contributed by atoms with Crippen molar-refractivity contribution in [3.63, 3.8) is 0 Å². The summed E-state index contributed by atoms with van der Waals surface area (Å²) in [6.45, 7) is -0.200. The predicted octanol–water partition coefficient (Wildman–Crippen LogP) is 1.87. The van der Waals surface area contributed by atoms with Gasteiger partial charge >= 0.3 is 11.7 Å². The number of hydrogen-bond acceptors (Lipinski definition) is 7. The molecule has 0 saturated carbocycles. The van der Waals surface area contributed by atoms with Crippen LogP contribution in [0, 0.1) is 10.1 Å². The van der Waals surface area contributed by atoms with Gasteiger partial charge in [0.2, 0.25) is 5.75 Å². The average molecular weight is 294 g/mol. The van der Waals surface area contributed by atoms with E-state index in [0.717, 1.165) is 0 Å². The lowest BCUT2D eigenvalue weighted by molar-refractivity contribution is -0.386. The molecule has 0 amide bonds. The largest absolute Gasteiger partial charge is 0.497 e. The number of hydrogen-bond donors (Lipinski definition) is 1. The molecule has 0 unspecified atom stereocenters. The molecule has 9 nitrogen and oxygen atoms in total. The van der Waals surface area contributed by atoms with Crippen LogP contribution in [-0.2, 0) is 6.61 Å². The van der Waals surface area contributed by atoms with Gasteiger partial charge in [-0.25, -0.2) is 4.79 Å². The number of benzene rings is 1. The summed E-state index contributed by atoms with van der Waals surface area (Å²) in [5.74, 6) is -0.742. The molecular formula is C12H10N2O7. The highest BCUT2D eigenvalue weighted by molar-refractivity contribution is 5.85. The average Bonchev–Trinajstić information content (AvgIpc) is 2.93. The van der Waals surface area contributed by atoms with Crippen LogP contribution < -0.4 is 9.47 Å². The van der Waals surface area contributed by atoms with Gasteiger partial charge in [-0.3, -0.25) is 10.1 Å². The number of carboxylic acids is 1. The molecule has 0 aliphatic heterocycles. The maximum Gasteiger partial charge on any atom is 0.358 e. The highest BCUT2D eigenvalue weighted by atomic mass is 16.6. The third-order valence-corrected chi connectivity index (χ3v) is 2.51. The number of rotatable bonds is 6. The first-order valence-electron chi connectivity index (χ1n) is 5.65. The van der Waals surface area contributed by atoms with Gasteiger partial charge in [-0.15, -0.1) is 0 Å². The molecule has 1 N–H and O–H groups in total. The minimum absolute atomic E-state index is 0.0207. The van der Waals surface area contributed by atoms with Gasteiger partial charge in [0.1, 0.15) is 12.4 Å². The van der Waals surface area contributed by atoms with Crippen LogP contribution in [0.3, 0.4) is 0 Å². The van der Waals surface area contributed by atoms with E-state index in [1.807, 2.05) is 0 Å². The minimum Gasteiger partial charge on any atom is -0.497 e. The number of aromatic nitrogens is 1. The molecule has 0 spiro atoms. The highest BCUT2D eigenvalue weighted by Crippen LogP contribution is 2.31. The summed E-state index contributed by atoms with van der Waals surface area (Å²) < 4.78 is 15.0. The fraction of sp³-hybridized carbons (Fsp3) is 0.167. The summed E-state index contributed by atoms with van der Waals surface area (Å²) in [4.78, 5) is 20.9. The van der Waals surface area contributed by atoms with E-state index in [-0.39, 0.29) is 29.5 Å². The maximum absolute atomic E-state index is 10.9. The van der Waals surface area contributed by atoms with Crippen molar-refractivity contribution in [3.8, 4) is 11.5 Å². The lowest BCUT2D eigenvalue weighted by atomic mass is 10.3. The Morgan fingerprint density at radius 3 is 2.81 bits per heavy atom. The lowest BCUT2D eigenvalue weighted by Crippen LogP contribution is -1.99. The monoisotopic (exact) mass is 294 g/mol. The third-order valence-electron chi connectivity index (χ3n) is 2.51. The second-order valence-electron chi connectivity index (χ2n) is 3.86. The Kier molecular flexibility index (Phi) is 4.02. The van der Waals surface area contributed by atoms with Crippen molar-refractivity contribution in [1.29, 1.82) is 0 Å². The molecular weight excluding hydrogens is 284 g/mol. The molecule has 2 rings (SSSR count). The zero-order valence-electron chi connectivity index (χ0n) is 10.8.